The molecular formula is C14H28N2O. The zero-order valence-electron chi connectivity index (χ0n) is 12.1. The molecule has 2 heterocycles. The lowest BCUT2D eigenvalue weighted by Crippen LogP contribution is -2.44. The normalized spacial score (nSPS) is 24.1. The molecule has 2 aliphatic heterocycles. The molecule has 0 aromatic carbocycles. The number of likely N-dealkylation sites (tertiary alicyclic amines) is 2. The largest absolute Gasteiger partial charge is 0.345 e. The molecule has 2 aliphatic rings. The summed E-state index contributed by atoms with van der Waals surface area (Å²) < 4.78 is 0. The van der Waals surface area contributed by atoms with Crippen LogP contribution in [0.15, 0.2) is 0 Å². The summed E-state index contributed by atoms with van der Waals surface area (Å²) in [6.45, 7) is 11.8. The lowest BCUT2D eigenvalue weighted by Gasteiger charge is -2.40. The van der Waals surface area contributed by atoms with E-state index in [4.69, 9.17) is 0 Å². The molecule has 3 heteroatoms. The van der Waals surface area contributed by atoms with Crippen LogP contribution in [0, 0.1) is 5.41 Å². The molecule has 17 heavy (non-hydrogen) atoms. The van der Waals surface area contributed by atoms with Crippen LogP contribution >= 0.6 is 0 Å². The molecule has 0 atom stereocenters. The highest BCUT2D eigenvalue weighted by Gasteiger charge is 2.43. The molecule has 0 radical (unpaired) electrons. The SMILES string of the molecule is CC.CC(C)N1CCC2(CC1)CC(=O)N(C)C2. The highest BCUT2D eigenvalue weighted by atomic mass is 16.2. The van der Waals surface area contributed by atoms with Gasteiger partial charge in [-0.2, -0.15) is 0 Å². The second-order valence-electron chi connectivity index (χ2n) is 5.56. The average Bonchev–Trinajstić information content (AvgIpc) is 2.57. The Morgan fingerprint density at radius 2 is 1.71 bits per heavy atom. The van der Waals surface area contributed by atoms with Gasteiger partial charge >= 0.3 is 0 Å². The Labute approximate surface area is 106 Å². The number of piperidine rings is 1. The Hall–Kier alpha value is -0.570. The second-order valence-corrected chi connectivity index (χ2v) is 5.56. The van der Waals surface area contributed by atoms with Gasteiger partial charge in [0.05, 0.1) is 0 Å². The Morgan fingerprint density at radius 1 is 1.18 bits per heavy atom. The van der Waals surface area contributed by atoms with Crippen molar-refractivity contribution in [2.75, 3.05) is 26.7 Å². The van der Waals surface area contributed by atoms with E-state index in [-0.39, 0.29) is 0 Å². The van der Waals surface area contributed by atoms with Crippen molar-refractivity contribution in [1.29, 1.82) is 0 Å². The van der Waals surface area contributed by atoms with Gasteiger partial charge in [0, 0.05) is 26.1 Å². The van der Waals surface area contributed by atoms with Gasteiger partial charge in [-0.3, -0.25) is 4.79 Å². The molecular weight excluding hydrogens is 212 g/mol. The minimum atomic E-state index is 0.317. The Balaban J connectivity index is 0.000000686. The predicted molar refractivity (Wildman–Crippen MR) is 72.0 cm³/mol. The quantitative estimate of drug-likeness (QED) is 0.702. The summed E-state index contributed by atoms with van der Waals surface area (Å²) in [5.41, 5.74) is 0.317. The van der Waals surface area contributed by atoms with Gasteiger partial charge in [0.25, 0.3) is 0 Å². The van der Waals surface area contributed by atoms with Crippen molar-refractivity contribution >= 4 is 5.91 Å². The fourth-order valence-electron chi connectivity index (χ4n) is 2.95. The van der Waals surface area contributed by atoms with Crippen LogP contribution in [0.2, 0.25) is 0 Å². The first-order chi connectivity index (χ1) is 8.02. The first-order valence-corrected chi connectivity index (χ1v) is 7.00. The molecule has 0 N–H and O–H groups in total. The molecule has 0 aromatic heterocycles. The standard InChI is InChI=1S/C12H22N2O.C2H6/c1-10(2)14-6-4-12(5-7-14)8-11(15)13(3)9-12;1-2/h10H,4-9H2,1-3H3;1-2H3. The monoisotopic (exact) mass is 240 g/mol. The summed E-state index contributed by atoms with van der Waals surface area (Å²) in [6, 6.07) is 0.650. The van der Waals surface area contributed by atoms with Crippen molar-refractivity contribution < 1.29 is 4.79 Å². The molecule has 100 valence electrons. The van der Waals surface area contributed by atoms with E-state index in [0.717, 1.165) is 13.0 Å². The van der Waals surface area contributed by atoms with Crippen molar-refractivity contribution in [2.45, 2.75) is 53.0 Å². The maximum atomic E-state index is 11.6. The minimum Gasteiger partial charge on any atom is -0.345 e. The van der Waals surface area contributed by atoms with Crippen LogP contribution in [0.3, 0.4) is 0 Å². The van der Waals surface area contributed by atoms with Crippen LogP contribution in [0.5, 0.6) is 0 Å². The van der Waals surface area contributed by atoms with Gasteiger partial charge in [0.15, 0.2) is 0 Å². The zero-order chi connectivity index (χ0) is 13.1. The van der Waals surface area contributed by atoms with E-state index in [0.29, 0.717) is 17.4 Å². The predicted octanol–water partition coefficient (Wildman–Crippen LogP) is 2.37. The van der Waals surface area contributed by atoms with Gasteiger partial charge in [-0.25, -0.2) is 0 Å². The van der Waals surface area contributed by atoms with Crippen molar-refractivity contribution in [2.24, 2.45) is 5.41 Å². The van der Waals surface area contributed by atoms with Crippen molar-refractivity contribution in [1.82, 2.24) is 9.80 Å². The summed E-state index contributed by atoms with van der Waals surface area (Å²) in [4.78, 5) is 16.0. The third-order valence-electron chi connectivity index (χ3n) is 4.11. The molecule has 2 saturated heterocycles. The summed E-state index contributed by atoms with van der Waals surface area (Å²) >= 11 is 0. The van der Waals surface area contributed by atoms with Crippen LogP contribution in [0.1, 0.15) is 47.0 Å². The number of amides is 1. The van der Waals surface area contributed by atoms with Gasteiger partial charge in [-0.1, -0.05) is 13.8 Å². The summed E-state index contributed by atoms with van der Waals surface area (Å²) in [6.07, 6.45) is 3.18. The molecule has 0 aliphatic carbocycles. The van der Waals surface area contributed by atoms with Crippen LogP contribution in [0.25, 0.3) is 0 Å². The van der Waals surface area contributed by atoms with Crippen LogP contribution in [0.4, 0.5) is 0 Å². The first kappa shape index (κ1) is 14.5. The lowest BCUT2D eigenvalue weighted by atomic mass is 9.77. The van der Waals surface area contributed by atoms with Gasteiger partial charge < -0.3 is 9.80 Å². The third kappa shape index (κ3) is 3.21. The second kappa shape index (κ2) is 5.85. The van der Waals surface area contributed by atoms with Gasteiger partial charge in [-0.05, 0) is 45.2 Å². The fourth-order valence-corrected chi connectivity index (χ4v) is 2.95. The van der Waals surface area contributed by atoms with E-state index in [1.807, 2.05) is 25.8 Å². The smallest absolute Gasteiger partial charge is 0.222 e. The van der Waals surface area contributed by atoms with E-state index in [2.05, 4.69) is 18.7 Å². The number of rotatable bonds is 1. The van der Waals surface area contributed by atoms with Crippen LogP contribution in [-0.2, 0) is 4.79 Å². The number of hydrogen-bond donors (Lipinski definition) is 0. The molecule has 1 spiro atoms. The first-order valence-electron chi connectivity index (χ1n) is 7.00. The molecule has 2 fully saturated rings. The van der Waals surface area contributed by atoms with Crippen LogP contribution < -0.4 is 0 Å². The summed E-state index contributed by atoms with van der Waals surface area (Å²) in [5, 5.41) is 0. The number of carbonyl (C=O) groups excluding carboxylic acids is 1. The highest BCUT2D eigenvalue weighted by Crippen LogP contribution is 2.40. The van der Waals surface area contributed by atoms with E-state index >= 15 is 0 Å². The lowest BCUT2D eigenvalue weighted by molar-refractivity contribution is -0.126. The van der Waals surface area contributed by atoms with E-state index in [1.165, 1.54) is 25.9 Å². The molecule has 0 saturated carbocycles. The molecule has 2 rings (SSSR count). The van der Waals surface area contributed by atoms with E-state index in [9.17, 15) is 4.79 Å². The Bertz CT molecular complexity index is 255. The molecule has 0 unspecified atom stereocenters. The summed E-state index contributed by atoms with van der Waals surface area (Å²) in [5.74, 6) is 0.341. The maximum Gasteiger partial charge on any atom is 0.222 e. The van der Waals surface area contributed by atoms with Crippen molar-refractivity contribution in [3.8, 4) is 0 Å². The van der Waals surface area contributed by atoms with Crippen molar-refractivity contribution in [3.63, 3.8) is 0 Å². The maximum absolute atomic E-state index is 11.6. The van der Waals surface area contributed by atoms with Gasteiger partial charge in [0.1, 0.15) is 0 Å². The van der Waals surface area contributed by atoms with E-state index < -0.39 is 0 Å². The molecule has 3 nitrogen and oxygen atoms in total. The van der Waals surface area contributed by atoms with E-state index in [1.54, 1.807) is 0 Å². The summed E-state index contributed by atoms with van der Waals surface area (Å²) in [7, 11) is 1.94. The number of hydrogen-bond acceptors (Lipinski definition) is 2. The fraction of sp³-hybridized carbons (Fsp3) is 0.929. The van der Waals surface area contributed by atoms with Crippen molar-refractivity contribution in [3.05, 3.63) is 0 Å². The molecule has 1 amide bonds. The Morgan fingerprint density at radius 3 is 2.06 bits per heavy atom. The van der Waals surface area contributed by atoms with Crippen LogP contribution in [-0.4, -0.2) is 48.4 Å². The topological polar surface area (TPSA) is 23.6 Å². The third-order valence-corrected chi connectivity index (χ3v) is 4.11. The Kier molecular flexibility index (Phi) is 4.99. The molecule has 0 aromatic rings. The average molecular weight is 240 g/mol. The highest BCUT2D eigenvalue weighted by molar-refractivity contribution is 5.79. The zero-order valence-corrected chi connectivity index (χ0v) is 12.1. The van der Waals surface area contributed by atoms with Gasteiger partial charge in [-0.15, -0.1) is 0 Å². The molecule has 0 bridgehead atoms. The minimum absolute atomic E-state index is 0.317. The number of nitrogens with zero attached hydrogens (tertiary/aromatic N) is 2. The van der Waals surface area contributed by atoms with Gasteiger partial charge in [0.2, 0.25) is 5.91 Å². The number of carbonyl (C=O) groups is 1.